The molecule has 0 bridgehead atoms. The standard InChI is InChI=1S/C17H27N3OSi/c1-22(2,3)12-10-15-8-6-14(7-9-15)5-4-11-20-17(21)16(19)13-18/h6-9,16H,4-5,11,13,18-19H2,1-3H3,(H,20,21). The summed E-state index contributed by atoms with van der Waals surface area (Å²) in [6.07, 6.45) is 1.79. The van der Waals surface area contributed by atoms with Crippen molar-refractivity contribution in [3.8, 4) is 11.5 Å². The normalized spacial score (nSPS) is 12.2. The van der Waals surface area contributed by atoms with Crippen molar-refractivity contribution in [1.82, 2.24) is 5.32 Å². The Morgan fingerprint density at radius 3 is 2.45 bits per heavy atom. The zero-order valence-electron chi connectivity index (χ0n) is 13.8. The van der Waals surface area contributed by atoms with Gasteiger partial charge in [-0.2, -0.15) is 0 Å². The number of hydrogen-bond acceptors (Lipinski definition) is 3. The lowest BCUT2D eigenvalue weighted by Crippen LogP contribution is -2.45. The fourth-order valence-corrected chi connectivity index (χ4v) is 2.28. The SMILES string of the molecule is C[Si](C)(C)C#Cc1ccc(CCCNC(=O)C(N)CN)cc1. The van der Waals surface area contributed by atoms with E-state index >= 15 is 0 Å². The maximum absolute atomic E-state index is 11.5. The highest BCUT2D eigenvalue weighted by Gasteiger charge is 2.09. The largest absolute Gasteiger partial charge is 0.355 e. The van der Waals surface area contributed by atoms with E-state index in [0.717, 1.165) is 18.4 Å². The van der Waals surface area contributed by atoms with Gasteiger partial charge in [-0.05, 0) is 30.5 Å². The number of amides is 1. The summed E-state index contributed by atoms with van der Waals surface area (Å²) in [6, 6.07) is 7.71. The second-order valence-corrected chi connectivity index (χ2v) is 11.2. The summed E-state index contributed by atoms with van der Waals surface area (Å²) in [5, 5.41) is 2.79. The van der Waals surface area contributed by atoms with Crippen LogP contribution in [0.1, 0.15) is 17.5 Å². The van der Waals surface area contributed by atoms with Crippen molar-refractivity contribution in [3.05, 3.63) is 35.4 Å². The highest BCUT2D eigenvalue weighted by atomic mass is 28.3. The molecule has 1 atom stereocenters. The average molecular weight is 318 g/mol. The number of carbonyl (C=O) groups is 1. The first-order valence-electron chi connectivity index (χ1n) is 7.67. The van der Waals surface area contributed by atoms with Crippen molar-refractivity contribution >= 4 is 14.0 Å². The van der Waals surface area contributed by atoms with Gasteiger partial charge in [0, 0.05) is 18.7 Å². The van der Waals surface area contributed by atoms with Gasteiger partial charge in [-0.3, -0.25) is 4.79 Å². The van der Waals surface area contributed by atoms with Crippen LogP contribution < -0.4 is 16.8 Å². The van der Waals surface area contributed by atoms with E-state index in [-0.39, 0.29) is 12.5 Å². The van der Waals surface area contributed by atoms with E-state index in [4.69, 9.17) is 11.5 Å². The molecular weight excluding hydrogens is 290 g/mol. The zero-order chi connectivity index (χ0) is 16.6. The van der Waals surface area contributed by atoms with Crippen molar-refractivity contribution in [2.45, 2.75) is 38.5 Å². The Kier molecular flexibility index (Phi) is 7.32. The van der Waals surface area contributed by atoms with Crippen LogP contribution in [0.3, 0.4) is 0 Å². The molecule has 4 nitrogen and oxygen atoms in total. The van der Waals surface area contributed by atoms with Gasteiger partial charge in [0.1, 0.15) is 8.07 Å². The van der Waals surface area contributed by atoms with Crippen molar-refractivity contribution < 1.29 is 4.79 Å². The minimum atomic E-state index is -1.32. The molecule has 0 saturated carbocycles. The summed E-state index contributed by atoms with van der Waals surface area (Å²) in [5.74, 6) is 3.06. The van der Waals surface area contributed by atoms with Gasteiger partial charge in [-0.25, -0.2) is 0 Å². The summed E-state index contributed by atoms with van der Waals surface area (Å²) >= 11 is 0. The van der Waals surface area contributed by atoms with Crippen molar-refractivity contribution in [1.29, 1.82) is 0 Å². The summed E-state index contributed by atoms with van der Waals surface area (Å²) in [5.41, 5.74) is 16.5. The van der Waals surface area contributed by atoms with Crippen molar-refractivity contribution in [3.63, 3.8) is 0 Å². The lowest BCUT2D eigenvalue weighted by Gasteiger charge is -2.09. The minimum Gasteiger partial charge on any atom is -0.355 e. The summed E-state index contributed by atoms with van der Waals surface area (Å²) in [6.45, 7) is 7.49. The molecular formula is C17H27N3OSi. The first-order chi connectivity index (χ1) is 10.3. The van der Waals surface area contributed by atoms with Crippen LogP contribution in [-0.4, -0.2) is 33.1 Å². The summed E-state index contributed by atoms with van der Waals surface area (Å²) in [4.78, 5) is 11.5. The maximum Gasteiger partial charge on any atom is 0.238 e. The lowest BCUT2D eigenvalue weighted by atomic mass is 10.1. The van der Waals surface area contributed by atoms with Crippen molar-refractivity contribution in [2.24, 2.45) is 11.5 Å². The minimum absolute atomic E-state index is 0.172. The molecule has 120 valence electrons. The molecule has 5 N–H and O–H groups in total. The third-order valence-corrected chi connectivity index (χ3v) is 3.94. The van der Waals surface area contributed by atoms with E-state index in [9.17, 15) is 4.79 Å². The number of benzene rings is 1. The highest BCUT2D eigenvalue weighted by Crippen LogP contribution is 2.06. The van der Waals surface area contributed by atoms with E-state index < -0.39 is 14.1 Å². The predicted octanol–water partition coefficient (Wildman–Crippen LogP) is 1.25. The molecule has 0 aliphatic rings. The monoisotopic (exact) mass is 317 g/mol. The van der Waals surface area contributed by atoms with Gasteiger partial charge in [-0.15, -0.1) is 5.54 Å². The first-order valence-corrected chi connectivity index (χ1v) is 11.2. The Labute approximate surface area is 134 Å². The van der Waals surface area contributed by atoms with Crippen LogP contribution in [0, 0.1) is 11.5 Å². The molecule has 0 fully saturated rings. The summed E-state index contributed by atoms with van der Waals surface area (Å²) in [7, 11) is -1.32. The quantitative estimate of drug-likeness (QED) is 0.420. The topological polar surface area (TPSA) is 81.1 Å². The van der Waals surface area contributed by atoms with Crippen molar-refractivity contribution in [2.75, 3.05) is 13.1 Å². The Morgan fingerprint density at radius 1 is 1.27 bits per heavy atom. The number of aryl methyl sites for hydroxylation is 1. The molecule has 0 saturated heterocycles. The third-order valence-electron chi connectivity index (χ3n) is 3.07. The van der Waals surface area contributed by atoms with Gasteiger partial charge in [0.15, 0.2) is 0 Å². The highest BCUT2D eigenvalue weighted by molar-refractivity contribution is 6.83. The van der Waals surface area contributed by atoms with Crippen LogP contribution in [0.5, 0.6) is 0 Å². The first kappa shape index (κ1) is 18.4. The van der Waals surface area contributed by atoms with E-state index in [1.807, 2.05) is 0 Å². The lowest BCUT2D eigenvalue weighted by molar-refractivity contribution is -0.122. The number of nitrogens with two attached hydrogens (primary N) is 2. The van der Waals surface area contributed by atoms with Crippen LogP contribution in [-0.2, 0) is 11.2 Å². The Balaban J connectivity index is 2.39. The second kappa shape index (κ2) is 8.74. The molecule has 1 unspecified atom stereocenters. The Bertz CT molecular complexity index is 538. The van der Waals surface area contributed by atoms with Gasteiger partial charge in [0.2, 0.25) is 5.91 Å². The smallest absolute Gasteiger partial charge is 0.238 e. The van der Waals surface area contributed by atoms with Crippen LogP contribution in [0.2, 0.25) is 19.6 Å². The molecule has 1 aromatic carbocycles. The summed E-state index contributed by atoms with van der Waals surface area (Å²) < 4.78 is 0. The molecule has 1 aromatic rings. The molecule has 0 spiro atoms. The molecule has 1 amide bonds. The van der Waals surface area contributed by atoms with Crippen LogP contribution >= 0.6 is 0 Å². The van der Waals surface area contributed by atoms with Crippen LogP contribution in [0.25, 0.3) is 0 Å². The Morgan fingerprint density at radius 2 is 1.91 bits per heavy atom. The van der Waals surface area contributed by atoms with E-state index in [1.165, 1.54) is 5.56 Å². The fraction of sp³-hybridized carbons (Fsp3) is 0.471. The zero-order valence-corrected chi connectivity index (χ0v) is 14.8. The number of hydrogen-bond donors (Lipinski definition) is 3. The molecule has 5 heteroatoms. The second-order valence-electron chi connectivity index (χ2n) is 6.43. The molecule has 0 aliphatic carbocycles. The Hall–Kier alpha value is -1.61. The molecule has 0 heterocycles. The fourth-order valence-electron chi connectivity index (χ4n) is 1.76. The molecule has 0 aromatic heterocycles. The van der Waals surface area contributed by atoms with E-state index in [2.05, 4.69) is 60.7 Å². The average Bonchev–Trinajstić information content (AvgIpc) is 2.48. The van der Waals surface area contributed by atoms with Gasteiger partial charge < -0.3 is 16.8 Å². The van der Waals surface area contributed by atoms with Gasteiger partial charge >= 0.3 is 0 Å². The van der Waals surface area contributed by atoms with Gasteiger partial charge in [0.25, 0.3) is 0 Å². The number of rotatable bonds is 6. The molecule has 22 heavy (non-hydrogen) atoms. The third kappa shape index (κ3) is 7.41. The molecule has 0 aliphatic heterocycles. The molecule has 0 radical (unpaired) electrons. The van der Waals surface area contributed by atoms with Crippen LogP contribution in [0.4, 0.5) is 0 Å². The van der Waals surface area contributed by atoms with Gasteiger partial charge in [-0.1, -0.05) is 37.7 Å². The number of nitrogens with one attached hydrogen (secondary N) is 1. The molecule has 1 rings (SSSR count). The maximum atomic E-state index is 11.5. The van der Waals surface area contributed by atoms with Crippen LogP contribution in [0.15, 0.2) is 24.3 Å². The van der Waals surface area contributed by atoms with E-state index in [1.54, 1.807) is 0 Å². The number of carbonyl (C=O) groups excluding carboxylic acids is 1. The predicted molar refractivity (Wildman–Crippen MR) is 95.0 cm³/mol. The van der Waals surface area contributed by atoms with E-state index in [0.29, 0.717) is 6.54 Å². The van der Waals surface area contributed by atoms with Gasteiger partial charge in [0.05, 0.1) is 6.04 Å².